The summed E-state index contributed by atoms with van der Waals surface area (Å²) in [6.07, 6.45) is 2.70. The molecule has 0 bridgehead atoms. The van der Waals surface area contributed by atoms with Gasteiger partial charge < -0.3 is 8.97 Å². The quantitative estimate of drug-likeness (QED) is 0.605. The summed E-state index contributed by atoms with van der Waals surface area (Å²) in [4.78, 5) is 0.343. The molecule has 50 valence electrons. The minimum absolute atomic E-state index is 0.343. The van der Waals surface area contributed by atoms with Crippen molar-refractivity contribution in [3.05, 3.63) is 18.1 Å². The maximum Gasteiger partial charge on any atom is 0.190 e. The van der Waals surface area contributed by atoms with Crippen LogP contribution in [0, 0.1) is 6.92 Å². The van der Waals surface area contributed by atoms with Crippen LogP contribution in [0.3, 0.4) is 0 Å². The van der Waals surface area contributed by atoms with Gasteiger partial charge >= 0.3 is 0 Å². The van der Waals surface area contributed by atoms with Crippen LogP contribution in [0.2, 0.25) is 0 Å². The molecule has 0 aliphatic heterocycles. The van der Waals surface area contributed by atoms with Gasteiger partial charge in [-0.2, -0.15) is 0 Å². The minimum atomic E-state index is -1.90. The standard InChI is InChI=1S/C5H6O3S/c1-4-2-8-3-5(4)9(6)7/h2-3H,1H3,(H,6,7). The van der Waals surface area contributed by atoms with E-state index in [1.54, 1.807) is 6.92 Å². The average molecular weight is 146 g/mol. The van der Waals surface area contributed by atoms with Crippen molar-refractivity contribution < 1.29 is 13.2 Å². The van der Waals surface area contributed by atoms with E-state index in [-0.39, 0.29) is 0 Å². The lowest BCUT2D eigenvalue weighted by molar-refractivity contribution is 0.546. The van der Waals surface area contributed by atoms with Gasteiger partial charge in [-0.3, -0.25) is 0 Å². The summed E-state index contributed by atoms with van der Waals surface area (Å²) in [5.74, 6) is 0. The summed E-state index contributed by atoms with van der Waals surface area (Å²) < 4.78 is 23.5. The molecule has 0 saturated carbocycles. The molecule has 0 aromatic carbocycles. The zero-order valence-electron chi connectivity index (χ0n) is 4.83. The van der Waals surface area contributed by atoms with Crippen LogP contribution >= 0.6 is 0 Å². The molecule has 1 unspecified atom stereocenters. The monoisotopic (exact) mass is 146 g/mol. The molecule has 4 heteroatoms. The van der Waals surface area contributed by atoms with E-state index in [4.69, 9.17) is 4.55 Å². The second kappa shape index (κ2) is 2.33. The molecule has 0 aliphatic carbocycles. The molecule has 1 rings (SSSR count). The van der Waals surface area contributed by atoms with Crippen molar-refractivity contribution in [1.29, 1.82) is 0 Å². The molecule has 0 fully saturated rings. The van der Waals surface area contributed by atoms with Crippen molar-refractivity contribution in [1.82, 2.24) is 0 Å². The van der Waals surface area contributed by atoms with Gasteiger partial charge in [0.15, 0.2) is 11.1 Å². The molecule has 1 heterocycles. The topological polar surface area (TPSA) is 50.4 Å². The lowest BCUT2D eigenvalue weighted by Crippen LogP contribution is -1.86. The van der Waals surface area contributed by atoms with Gasteiger partial charge in [-0.05, 0) is 6.92 Å². The van der Waals surface area contributed by atoms with Crippen LogP contribution in [-0.4, -0.2) is 8.76 Å². The van der Waals surface area contributed by atoms with Gasteiger partial charge in [0.05, 0.1) is 6.26 Å². The maximum atomic E-state index is 10.3. The Bertz CT molecular complexity index is 228. The third-order valence-corrected chi connectivity index (χ3v) is 1.79. The first-order valence-corrected chi connectivity index (χ1v) is 3.46. The number of hydrogen-bond donors (Lipinski definition) is 1. The molecule has 1 N–H and O–H groups in total. The van der Waals surface area contributed by atoms with Gasteiger partial charge in [0.2, 0.25) is 0 Å². The van der Waals surface area contributed by atoms with Gasteiger partial charge in [-0.15, -0.1) is 0 Å². The van der Waals surface area contributed by atoms with Crippen molar-refractivity contribution >= 4 is 11.1 Å². The van der Waals surface area contributed by atoms with E-state index in [9.17, 15) is 4.21 Å². The van der Waals surface area contributed by atoms with E-state index < -0.39 is 11.1 Å². The number of rotatable bonds is 1. The maximum absolute atomic E-state index is 10.3. The van der Waals surface area contributed by atoms with Crippen LogP contribution in [0.15, 0.2) is 21.8 Å². The molecular formula is C5H6O3S. The van der Waals surface area contributed by atoms with Gasteiger partial charge in [-0.1, -0.05) is 0 Å². The first-order valence-electron chi connectivity index (χ1n) is 2.35. The Balaban J connectivity index is 3.08. The molecule has 3 nitrogen and oxygen atoms in total. The van der Waals surface area contributed by atoms with E-state index in [2.05, 4.69) is 4.42 Å². The molecule has 0 saturated heterocycles. The van der Waals surface area contributed by atoms with Gasteiger partial charge in [0.25, 0.3) is 0 Å². The second-order valence-corrected chi connectivity index (χ2v) is 2.61. The van der Waals surface area contributed by atoms with Crippen molar-refractivity contribution in [2.24, 2.45) is 0 Å². The highest BCUT2D eigenvalue weighted by molar-refractivity contribution is 7.79. The molecule has 1 aromatic rings. The fraction of sp³-hybridized carbons (Fsp3) is 0.200. The van der Waals surface area contributed by atoms with E-state index in [1.165, 1.54) is 12.5 Å². The van der Waals surface area contributed by atoms with Crippen molar-refractivity contribution in [2.45, 2.75) is 11.8 Å². The zero-order chi connectivity index (χ0) is 6.85. The van der Waals surface area contributed by atoms with Crippen LogP contribution in [0.5, 0.6) is 0 Å². The first kappa shape index (κ1) is 6.51. The molecule has 0 amide bonds. The molecule has 0 aliphatic rings. The fourth-order valence-electron chi connectivity index (χ4n) is 0.528. The summed E-state index contributed by atoms with van der Waals surface area (Å²) in [5, 5.41) is 0. The highest BCUT2D eigenvalue weighted by Crippen LogP contribution is 2.11. The van der Waals surface area contributed by atoms with Crippen LogP contribution in [0.1, 0.15) is 5.56 Å². The van der Waals surface area contributed by atoms with Gasteiger partial charge in [-0.25, -0.2) is 4.21 Å². The Kier molecular flexibility index (Phi) is 1.68. The Hall–Kier alpha value is -0.610. The van der Waals surface area contributed by atoms with E-state index in [1.807, 2.05) is 0 Å². The fourth-order valence-corrected chi connectivity index (χ4v) is 0.989. The molecule has 1 atom stereocenters. The summed E-state index contributed by atoms with van der Waals surface area (Å²) in [6, 6.07) is 0. The highest BCUT2D eigenvalue weighted by Gasteiger charge is 2.04. The minimum Gasteiger partial charge on any atom is -0.471 e. The molecule has 0 spiro atoms. The van der Waals surface area contributed by atoms with E-state index in [0.29, 0.717) is 10.5 Å². The predicted octanol–water partition coefficient (Wildman–Crippen LogP) is 1.17. The third-order valence-electron chi connectivity index (χ3n) is 0.997. The van der Waals surface area contributed by atoms with Crippen molar-refractivity contribution in [3.63, 3.8) is 0 Å². The number of furan rings is 1. The Labute approximate surface area is 55.0 Å². The largest absolute Gasteiger partial charge is 0.471 e. The van der Waals surface area contributed by atoms with Crippen LogP contribution in [0.25, 0.3) is 0 Å². The summed E-state index contributed by atoms with van der Waals surface area (Å²) in [5.41, 5.74) is 0.704. The second-order valence-electron chi connectivity index (χ2n) is 1.67. The Morgan fingerprint density at radius 2 is 2.33 bits per heavy atom. The molecule has 1 aromatic heterocycles. The first-order chi connectivity index (χ1) is 4.22. The number of hydrogen-bond acceptors (Lipinski definition) is 2. The predicted molar refractivity (Wildman–Crippen MR) is 32.5 cm³/mol. The van der Waals surface area contributed by atoms with Crippen LogP contribution < -0.4 is 0 Å². The average Bonchev–Trinajstić information content (AvgIpc) is 2.13. The van der Waals surface area contributed by atoms with E-state index >= 15 is 0 Å². The molecular weight excluding hydrogens is 140 g/mol. The van der Waals surface area contributed by atoms with Gasteiger partial charge in [0, 0.05) is 5.56 Å². The summed E-state index contributed by atoms with van der Waals surface area (Å²) >= 11 is -1.90. The van der Waals surface area contributed by atoms with Crippen molar-refractivity contribution in [3.8, 4) is 0 Å². The van der Waals surface area contributed by atoms with Crippen molar-refractivity contribution in [2.75, 3.05) is 0 Å². The molecule has 0 radical (unpaired) electrons. The smallest absolute Gasteiger partial charge is 0.190 e. The normalized spacial score (nSPS) is 13.6. The SMILES string of the molecule is Cc1cocc1S(=O)O. The van der Waals surface area contributed by atoms with Crippen LogP contribution in [-0.2, 0) is 11.1 Å². The number of aryl methyl sites for hydroxylation is 1. The van der Waals surface area contributed by atoms with Gasteiger partial charge in [0.1, 0.15) is 11.2 Å². The summed E-state index contributed by atoms with van der Waals surface area (Å²) in [6.45, 7) is 1.72. The van der Waals surface area contributed by atoms with Crippen LogP contribution in [0.4, 0.5) is 0 Å². The lowest BCUT2D eigenvalue weighted by atomic mass is 10.4. The molecule has 9 heavy (non-hydrogen) atoms. The lowest BCUT2D eigenvalue weighted by Gasteiger charge is -1.85. The Morgan fingerprint density at radius 1 is 1.67 bits per heavy atom. The Morgan fingerprint density at radius 3 is 2.56 bits per heavy atom. The third kappa shape index (κ3) is 1.20. The zero-order valence-corrected chi connectivity index (χ0v) is 5.64. The summed E-state index contributed by atoms with van der Waals surface area (Å²) in [7, 11) is 0. The highest BCUT2D eigenvalue weighted by atomic mass is 32.2. The van der Waals surface area contributed by atoms with E-state index in [0.717, 1.165) is 0 Å².